The van der Waals surface area contributed by atoms with Crippen LogP contribution >= 0.6 is 11.8 Å². The fourth-order valence-electron chi connectivity index (χ4n) is 2.41. The molecule has 1 aromatic carbocycles. The van der Waals surface area contributed by atoms with Gasteiger partial charge in [-0.3, -0.25) is 0 Å². The Hall–Kier alpha value is -0.870. The van der Waals surface area contributed by atoms with E-state index in [0.29, 0.717) is 25.3 Å². The minimum absolute atomic E-state index is 0.420. The Balaban J connectivity index is 1.82. The summed E-state index contributed by atoms with van der Waals surface area (Å²) in [6.45, 7) is 3.57. The minimum atomic E-state index is 0.420. The van der Waals surface area contributed by atoms with Crippen molar-refractivity contribution in [3.63, 3.8) is 0 Å². The molecule has 98 valence electrons. The second kappa shape index (κ2) is 5.41. The van der Waals surface area contributed by atoms with Gasteiger partial charge >= 0.3 is 0 Å². The van der Waals surface area contributed by atoms with Crippen molar-refractivity contribution >= 4 is 11.8 Å². The lowest BCUT2D eigenvalue weighted by atomic mass is 10.1. The summed E-state index contributed by atoms with van der Waals surface area (Å²) in [7, 11) is 0. The van der Waals surface area contributed by atoms with Crippen molar-refractivity contribution in [2.24, 2.45) is 0 Å². The van der Waals surface area contributed by atoms with Gasteiger partial charge in [0.05, 0.1) is 0 Å². The molecule has 3 rings (SSSR count). The molecule has 0 saturated carbocycles. The Morgan fingerprint density at radius 1 is 1.22 bits per heavy atom. The molecular formula is C14H19NO2S. The molecule has 2 atom stereocenters. The molecule has 4 heteroatoms. The normalized spacial score (nSPS) is 27.6. The highest BCUT2D eigenvalue weighted by Crippen LogP contribution is 2.34. The zero-order chi connectivity index (χ0) is 12.4. The molecule has 2 aliphatic heterocycles. The summed E-state index contributed by atoms with van der Waals surface area (Å²) in [6, 6.07) is 7.32. The van der Waals surface area contributed by atoms with Crippen molar-refractivity contribution in [3.8, 4) is 11.5 Å². The maximum absolute atomic E-state index is 5.65. The number of hydrogen-bond donors (Lipinski definition) is 1. The van der Waals surface area contributed by atoms with Crippen molar-refractivity contribution in [1.82, 2.24) is 5.32 Å². The average molecular weight is 265 g/mol. The predicted molar refractivity (Wildman–Crippen MR) is 74.7 cm³/mol. The minimum Gasteiger partial charge on any atom is -0.486 e. The van der Waals surface area contributed by atoms with E-state index < -0.39 is 0 Å². The highest BCUT2D eigenvalue weighted by molar-refractivity contribution is 7.99. The maximum atomic E-state index is 5.65. The first-order chi connectivity index (χ1) is 8.83. The Kier molecular flexibility index (Phi) is 3.66. The third-order valence-electron chi connectivity index (χ3n) is 3.43. The van der Waals surface area contributed by atoms with Crippen molar-refractivity contribution in [1.29, 1.82) is 0 Å². The topological polar surface area (TPSA) is 30.5 Å². The molecule has 1 saturated heterocycles. The molecule has 1 N–H and O–H groups in total. The van der Waals surface area contributed by atoms with Gasteiger partial charge in [-0.15, -0.1) is 0 Å². The first-order valence-corrected chi connectivity index (χ1v) is 7.72. The summed E-state index contributed by atoms with van der Waals surface area (Å²) < 4.78 is 11.2. The van der Waals surface area contributed by atoms with Gasteiger partial charge < -0.3 is 14.8 Å². The highest BCUT2D eigenvalue weighted by atomic mass is 32.2. The third-order valence-corrected chi connectivity index (χ3v) is 4.53. The van der Waals surface area contributed by atoms with Gasteiger partial charge in [0.1, 0.15) is 13.2 Å². The molecule has 0 radical (unpaired) electrons. The molecule has 0 bridgehead atoms. The van der Waals surface area contributed by atoms with E-state index in [9.17, 15) is 0 Å². The van der Waals surface area contributed by atoms with Crippen LogP contribution in [0.25, 0.3) is 0 Å². The van der Waals surface area contributed by atoms with Crippen molar-refractivity contribution in [2.75, 3.05) is 24.7 Å². The fourth-order valence-corrected chi connectivity index (χ4v) is 3.62. The number of nitrogens with one attached hydrogen (secondary N) is 1. The summed E-state index contributed by atoms with van der Waals surface area (Å²) in [4.78, 5) is 0. The third kappa shape index (κ3) is 2.59. The number of hydrogen-bond acceptors (Lipinski definition) is 4. The van der Waals surface area contributed by atoms with Crippen LogP contribution in [-0.4, -0.2) is 30.8 Å². The van der Waals surface area contributed by atoms with Crippen LogP contribution in [0.2, 0.25) is 0 Å². The summed E-state index contributed by atoms with van der Waals surface area (Å²) in [6.07, 6.45) is 1.24. The molecule has 0 amide bonds. The Bertz CT molecular complexity index is 424. The predicted octanol–water partition coefficient (Wildman–Crippen LogP) is 2.61. The van der Waals surface area contributed by atoms with Crippen LogP contribution in [-0.2, 0) is 0 Å². The van der Waals surface area contributed by atoms with Gasteiger partial charge in [-0.25, -0.2) is 0 Å². The quantitative estimate of drug-likeness (QED) is 0.845. The largest absolute Gasteiger partial charge is 0.486 e. The first-order valence-electron chi connectivity index (χ1n) is 6.56. The summed E-state index contributed by atoms with van der Waals surface area (Å²) in [5.74, 6) is 4.14. The van der Waals surface area contributed by atoms with Crippen LogP contribution in [0.5, 0.6) is 11.5 Å². The summed E-state index contributed by atoms with van der Waals surface area (Å²) in [5.41, 5.74) is 1.31. The van der Waals surface area contributed by atoms with E-state index in [1.165, 1.54) is 17.7 Å². The first kappa shape index (κ1) is 12.2. The van der Waals surface area contributed by atoms with Gasteiger partial charge in [0.25, 0.3) is 0 Å². The van der Waals surface area contributed by atoms with Crippen molar-refractivity contribution < 1.29 is 9.47 Å². The zero-order valence-electron chi connectivity index (χ0n) is 10.6. The number of fused-ring (bicyclic) bond motifs is 1. The summed E-state index contributed by atoms with van der Waals surface area (Å²) in [5, 5.41) is 3.68. The lowest BCUT2D eigenvalue weighted by Crippen LogP contribution is -2.30. The number of benzene rings is 1. The van der Waals surface area contributed by atoms with Crippen LogP contribution < -0.4 is 14.8 Å². The van der Waals surface area contributed by atoms with Crippen molar-refractivity contribution in [2.45, 2.75) is 25.4 Å². The summed E-state index contributed by atoms with van der Waals surface area (Å²) >= 11 is 2.03. The van der Waals surface area contributed by atoms with E-state index in [4.69, 9.17) is 9.47 Å². The Morgan fingerprint density at radius 3 is 2.94 bits per heavy atom. The molecule has 2 heterocycles. The standard InChI is InChI=1S/C14H19NO2S/c1-10-4-7-18-9-12(15-10)11-2-3-13-14(8-11)17-6-5-16-13/h2-3,8,10,12,15H,4-7,9H2,1H3. The Labute approximate surface area is 112 Å². The lowest BCUT2D eigenvalue weighted by molar-refractivity contribution is 0.171. The number of ether oxygens (including phenoxy) is 2. The van der Waals surface area contributed by atoms with Crippen LogP contribution in [0.15, 0.2) is 18.2 Å². The van der Waals surface area contributed by atoms with E-state index in [-0.39, 0.29) is 0 Å². The molecule has 18 heavy (non-hydrogen) atoms. The second-order valence-corrected chi connectivity index (χ2v) is 6.04. The molecule has 0 aliphatic carbocycles. The monoisotopic (exact) mass is 265 g/mol. The van der Waals surface area contributed by atoms with Gasteiger partial charge in [-0.05, 0) is 36.8 Å². The highest BCUT2D eigenvalue weighted by Gasteiger charge is 2.20. The van der Waals surface area contributed by atoms with E-state index in [1.807, 2.05) is 17.8 Å². The second-order valence-electron chi connectivity index (χ2n) is 4.89. The molecule has 0 aromatic heterocycles. The fraction of sp³-hybridized carbons (Fsp3) is 0.571. The smallest absolute Gasteiger partial charge is 0.161 e. The maximum Gasteiger partial charge on any atom is 0.161 e. The van der Waals surface area contributed by atoms with Crippen LogP contribution in [0.1, 0.15) is 24.9 Å². The van der Waals surface area contributed by atoms with Gasteiger partial charge in [0.15, 0.2) is 11.5 Å². The number of rotatable bonds is 1. The van der Waals surface area contributed by atoms with E-state index >= 15 is 0 Å². The lowest BCUT2D eigenvalue weighted by Gasteiger charge is -2.23. The molecule has 0 spiro atoms. The van der Waals surface area contributed by atoms with Gasteiger partial charge in [0.2, 0.25) is 0 Å². The molecule has 3 nitrogen and oxygen atoms in total. The molecule has 1 aromatic rings. The van der Waals surface area contributed by atoms with Gasteiger partial charge in [-0.1, -0.05) is 6.07 Å². The van der Waals surface area contributed by atoms with E-state index in [1.54, 1.807) is 0 Å². The molecule has 1 fully saturated rings. The SMILES string of the molecule is CC1CCSCC(c2ccc3c(c2)OCCO3)N1. The van der Waals surface area contributed by atoms with Crippen LogP contribution in [0.3, 0.4) is 0 Å². The van der Waals surface area contributed by atoms with Gasteiger partial charge in [-0.2, -0.15) is 11.8 Å². The van der Waals surface area contributed by atoms with Crippen LogP contribution in [0.4, 0.5) is 0 Å². The molecule has 2 aliphatic rings. The van der Waals surface area contributed by atoms with Crippen molar-refractivity contribution in [3.05, 3.63) is 23.8 Å². The average Bonchev–Trinajstić information content (AvgIpc) is 2.63. The van der Waals surface area contributed by atoms with E-state index in [2.05, 4.69) is 24.4 Å². The Morgan fingerprint density at radius 2 is 2.06 bits per heavy atom. The molecule has 2 unspecified atom stereocenters. The number of thioether (sulfide) groups is 1. The zero-order valence-corrected chi connectivity index (χ0v) is 11.5. The van der Waals surface area contributed by atoms with Gasteiger partial charge in [0, 0.05) is 17.8 Å². The molecular weight excluding hydrogens is 246 g/mol. The van der Waals surface area contributed by atoms with Crippen LogP contribution in [0, 0.1) is 0 Å². The van der Waals surface area contributed by atoms with E-state index in [0.717, 1.165) is 17.3 Å².